The van der Waals surface area contributed by atoms with Gasteiger partial charge in [0, 0.05) is 16.5 Å². The summed E-state index contributed by atoms with van der Waals surface area (Å²) in [6.07, 6.45) is 0. The zero-order chi connectivity index (χ0) is 19.8. The van der Waals surface area contributed by atoms with Crippen molar-refractivity contribution in [3.63, 3.8) is 0 Å². The van der Waals surface area contributed by atoms with Crippen LogP contribution in [0.1, 0.15) is 17.3 Å². The van der Waals surface area contributed by atoms with Crippen molar-refractivity contribution in [3.8, 4) is 22.4 Å². The van der Waals surface area contributed by atoms with Gasteiger partial charge >= 0.3 is 35.5 Å². The van der Waals surface area contributed by atoms with E-state index < -0.39 is 11.8 Å². The van der Waals surface area contributed by atoms with Gasteiger partial charge in [-0.25, -0.2) is 18.6 Å². The van der Waals surface area contributed by atoms with Gasteiger partial charge in [0.05, 0.1) is 16.8 Å². The van der Waals surface area contributed by atoms with Gasteiger partial charge in [0.25, 0.3) is 0 Å². The van der Waals surface area contributed by atoms with Crippen LogP contribution in [0.5, 0.6) is 0 Å². The Hall–Kier alpha value is -2.60. The zero-order valence-electron chi connectivity index (χ0n) is 16.9. The van der Waals surface area contributed by atoms with Gasteiger partial charge in [-0.1, -0.05) is 42.5 Å². The maximum absolute atomic E-state index is 14.0. The summed E-state index contributed by atoms with van der Waals surface area (Å²) in [5.41, 5.74) is 3.27. The standard InChI is InChI=1S/C23H15F2NO2.Na.H/c1-13-21(23(27)28)18-12-16(24)10-11-20(18)26-22(13)15-8-6-14(7-9-15)17-4-2-3-5-19(17)25;;/h2-12H,1H3,(H,27,28);;/q;+1;-1. The Kier molecular flexibility index (Phi) is 6.13. The number of nitrogens with zero attached hydrogens (tertiary/aromatic N) is 1. The molecule has 0 atom stereocenters. The quantitative estimate of drug-likeness (QED) is 0.539. The van der Waals surface area contributed by atoms with E-state index in [0.717, 1.165) is 0 Å². The minimum absolute atomic E-state index is 0. The number of fused-ring (bicyclic) bond motifs is 1. The summed E-state index contributed by atoms with van der Waals surface area (Å²) in [4.78, 5) is 16.4. The Morgan fingerprint density at radius 1 is 0.966 bits per heavy atom. The molecule has 3 aromatic carbocycles. The molecule has 0 aliphatic carbocycles. The van der Waals surface area contributed by atoms with E-state index in [0.29, 0.717) is 33.5 Å². The molecule has 0 aliphatic rings. The predicted octanol–water partition coefficient (Wildman–Crippen LogP) is 2.97. The second-order valence-electron chi connectivity index (χ2n) is 6.48. The molecule has 1 aromatic heterocycles. The number of carboxylic acids is 1. The number of rotatable bonds is 3. The molecule has 140 valence electrons. The molecule has 0 bridgehead atoms. The molecule has 0 amide bonds. The van der Waals surface area contributed by atoms with Crippen molar-refractivity contribution in [2.45, 2.75) is 6.92 Å². The van der Waals surface area contributed by atoms with Crippen LogP contribution in [-0.4, -0.2) is 16.1 Å². The second-order valence-corrected chi connectivity index (χ2v) is 6.48. The first-order chi connectivity index (χ1) is 13.5. The first-order valence-corrected chi connectivity index (χ1v) is 8.64. The number of hydrogen-bond donors (Lipinski definition) is 1. The average molecular weight is 399 g/mol. The largest absolute Gasteiger partial charge is 1.00 e. The van der Waals surface area contributed by atoms with Crippen molar-refractivity contribution in [2.24, 2.45) is 0 Å². The third kappa shape index (κ3) is 3.94. The van der Waals surface area contributed by atoms with Crippen molar-refractivity contribution in [1.29, 1.82) is 0 Å². The maximum atomic E-state index is 14.0. The summed E-state index contributed by atoms with van der Waals surface area (Å²) in [5, 5.41) is 9.92. The Morgan fingerprint density at radius 3 is 2.28 bits per heavy atom. The predicted molar refractivity (Wildman–Crippen MR) is 105 cm³/mol. The monoisotopic (exact) mass is 399 g/mol. The maximum Gasteiger partial charge on any atom is 1.00 e. The van der Waals surface area contributed by atoms with Crippen molar-refractivity contribution >= 4 is 16.9 Å². The number of halogens is 2. The Balaban J connectivity index is 0.00000160. The Labute approximate surface area is 189 Å². The van der Waals surface area contributed by atoms with Crippen LogP contribution >= 0.6 is 0 Å². The fourth-order valence-electron chi connectivity index (χ4n) is 3.39. The van der Waals surface area contributed by atoms with Crippen molar-refractivity contribution in [1.82, 2.24) is 4.98 Å². The van der Waals surface area contributed by atoms with E-state index in [9.17, 15) is 18.7 Å². The summed E-state index contributed by atoms with van der Waals surface area (Å²) in [6.45, 7) is 1.65. The van der Waals surface area contributed by atoms with E-state index in [1.807, 2.05) is 0 Å². The minimum Gasteiger partial charge on any atom is -1.00 e. The molecule has 0 unspecified atom stereocenters. The van der Waals surface area contributed by atoms with Gasteiger partial charge in [-0.3, -0.25) is 0 Å². The van der Waals surface area contributed by atoms with Crippen LogP contribution in [0.4, 0.5) is 8.78 Å². The number of benzene rings is 3. The molecule has 6 heteroatoms. The zero-order valence-corrected chi connectivity index (χ0v) is 17.9. The van der Waals surface area contributed by atoms with Gasteiger partial charge in [-0.15, -0.1) is 0 Å². The van der Waals surface area contributed by atoms with Crippen molar-refractivity contribution < 1.29 is 49.7 Å². The normalized spacial score (nSPS) is 10.6. The molecule has 0 radical (unpaired) electrons. The molecular formula is C23H16F2NNaO2. The molecule has 29 heavy (non-hydrogen) atoms. The number of aromatic carboxylic acids is 1. The van der Waals surface area contributed by atoms with Crippen LogP contribution < -0.4 is 29.6 Å². The van der Waals surface area contributed by atoms with E-state index in [-0.39, 0.29) is 47.8 Å². The number of carbonyl (C=O) groups is 1. The van der Waals surface area contributed by atoms with Crippen LogP contribution in [0.3, 0.4) is 0 Å². The molecule has 0 saturated carbocycles. The van der Waals surface area contributed by atoms with Crippen LogP contribution in [0.15, 0.2) is 66.7 Å². The topological polar surface area (TPSA) is 50.2 Å². The summed E-state index contributed by atoms with van der Waals surface area (Å²) >= 11 is 0. The number of hydrogen-bond acceptors (Lipinski definition) is 2. The summed E-state index contributed by atoms with van der Waals surface area (Å²) in [6, 6.07) is 17.5. The summed E-state index contributed by atoms with van der Waals surface area (Å²) in [5.74, 6) is -1.97. The summed E-state index contributed by atoms with van der Waals surface area (Å²) in [7, 11) is 0. The van der Waals surface area contributed by atoms with Crippen LogP contribution in [-0.2, 0) is 0 Å². The second kappa shape index (κ2) is 8.41. The molecule has 1 heterocycles. The number of aromatic nitrogens is 1. The van der Waals surface area contributed by atoms with Crippen LogP contribution in [0.2, 0.25) is 0 Å². The van der Waals surface area contributed by atoms with Gasteiger partial charge in [0.2, 0.25) is 0 Å². The SMILES string of the molecule is Cc1c(-c2ccc(-c3ccccc3F)cc2)nc2ccc(F)cc2c1C(=O)O.[H-].[Na+]. The Morgan fingerprint density at radius 2 is 1.62 bits per heavy atom. The molecule has 1 N–H and O–H groups in total. The van der Waals surface area contributed by atoms with Gasteiger partial charge < -0.3 is 6.53 Å². The fourth-order valence-corrected chi connectivity index (χ4v) is 3.39. The number of pyridine rings is 1. The molecular weight excluding hydrogens is 383 g/mol. The minimum atomic E-state index is -1.14. The first-order valence-electron chi connectivity index (χ1n) is 8.64. The Bertz CT molecular complexity index is 1230. The first kappa shape index (κ1) is 21.1. The summed E-state index contributed by atoms with van der Waals surface area (Å²) < 4.78 is 27.6. The van der Waals surface area contributed by atoms with E-state index in [1.54, 1.807) is 49.4 Å². The molecule has 4 rings (SSSR count). The third-order valence-electron chi connectivity index (χ3n) is 4.75. The molecule has 0 fully saturated rings. The van der Waals surface area contributed by atoms with Crippen molar-refractivity contribution in [2.75, 3.05) is 0 Å². The smallest absolute Gasteiger partial charge is 1.00 e. The van der Waals surface area contributed by atoms with E-state index in [4.69, 9.17) is 0 Å². The van der Waals surface area contributed by atoms with Gasteiger partial charge in [0.1, 0.15) is 11.6 Å². The van der Waals surface area contributed by atoms with E-state index in [2.05, 4.69) is 4.98 Å². The van der Waals surface area contributed by atoms with E-state index in [1.165, 1.54) is 24.3 Å². The third-order valence-corrected chi connectivity index (χ3v) is 4.75. The van der Waals surface area contributed by atoms with Gasteiger partial charge in [-0.2, -0.15) is 0 Å². The van der Waals surface area contributed by atoms with Crippen LogP contribution in [0.25, 0.3) is 33.3 Å². The fraction of sp³-hybridized carbons (Fsp3) is 0.0435. The molecule has 4 aromatic rings. The molecule has 0 spiro atoms. The van der Waals surface area contributed by atoms with Gasteiger partial charge in [0.15, 0.2) is 0 Å². The van der Waals surface area contributed by atoms with E-state index >= 15 is 0 Å². The molecule has 3 nitrogen and oxygen atoms in total. The van der Waals surface area contributed by atoms with Gasteiger partial charge in [-0.05, 0) is 42.3 Å². The van der Waals surface area contributed by atoms with Crippen LogP contribution in [0, 0.1) is 18.6 Å². The van der Waals surface area contributed by atoms with Crippen molar-refractivity contribution in [3.05, 3.63) is 89.5 Å². The molecule has 0 aliphatic heterocycles. The average Bonchev–Trinajstić information content (AvgIpc) is 2.68. The molecule has 0 saturated heterocycles. The number of carboxylic acid groups (broad SMARTS) is 1.